The smallest absolute Gasteiger partial charge is 0.0300 e. The molecule has 1 aliphatic rings. The molecule has 1 saturated carbocycles. The van der Waals surface area contributed by atoms with Crippen LogP contribution >= 0.6 is 0 Å². The number of unbranched alkanes of at least 4 members (excludes halogenated alkanes) is 4. The highest BCUT2D eigenvalue weighted by Gasteiger charge is 2.38. The van der Waals surface area contributed by atoms with E-state index in [1.807, 2.05) is 0 Å². The Balaban J connectivity index is 2.14. The molecule has 5 unspecified atom stereocenters. The zero-order valence-corrected chi connectivity index (χ0v) is 18.3. The summed E-state index contributed by atoms with van der Waals surface area (Å²) in [5.41, 5.74) is 0.544. The van der Waals surface area contributed by atoms with E-state index >= 15 is 0 Å². The van der Waals surface area contributed by atoms with Crippen LogP contribution in [0.4, 0.5) is 0 Å². The largest absolute Gasteiger partial charge is 0.0649 e. The molecule has 0 spiro atoms. The first-order valence-electron chi connectivity index (χ1n) is 11.2. The molecule has 0 nitrogen and oxygen atoms in total. The minimum absolute atomic E-state index is 0.544. The van der Waals surface area contributed by atoms with E-state index in [4.69, 9.17) is 0 Å². The summed E-state index contributed by atoms with van der Waals surface area (Å²) in [4.78, 5) is 0. The van der Waals surface area contributed by atoms with Gasteiger partial charge in [-0.05, 0) is 53.8 Å². The van der Waals surface area contributed by atoms with Crippen molar-refractivity contribution in [3.05, 3.63) is 0 Å². The first-order chi connectivity index (χ1) is 11.2. The van der Waals surface area contributed by atoms with Crippen LogP contribution in [0.1, 0.15) is 113 Å². The topological polar surface area (TPSA) is 0 Å². The Kier molecular flexibility index (Phi) is 9.39. The van der Waals surface area contributed by atoms with E-state index in [1.165, 1.54) is 57.8 Å². The third-order valence-corrected chi connectivity index (χ3v) is 7.90. The van der Waals surface area contributed by atoms with E-state index < -0.39 is 0 Å². The first-order valence-corrected chi connectivity index (χ1v) is 11.2. The second kappa shape index (κ2) is 10.2. The lowest BCUT2D eigenvalue weighted by molar-refractivity contribution is 0.0968. The van der Waals surface area contributed by atoms with Gasteiger partial charge in [0.25, 0.3) is 0 Å². The lowest BCUT2D eigenvalue weighted by Gasteiger charge is -2.40. The van der Waals surface area contributed by atoms with Crippen LogP contribution in [0.5, 0.6) is 0 Å². The van der Waals surface area contributed by atoms with Crippen molar-refractivity contribution >= 4 is 0 Å². The maximum Gasteiger partial charge on any atom is -0.0300 e. The van der Waals surface area contributed by atoms with E-state index in [9.17, 15) is 0 Å². The summed E-state index contributed by atoms with van der Waals surface area (Å²) in [6, 6.07) is 0. The Labute approximate surface area is 154 Å². The highest BCUT2D eigenvalue weighted by Crippen LogP contribution is 2.47. The third-order valence-electron chi connectivity index (χ3n) is 7.90. The van der Waals surface area contributed by atoms with Crippen LogP contribution in [0.25, 0.3) is 0 Å². The Bertz CT molecular complexity index is 329. The summed E-state index contributed by atoms with van der Waals surface area (Å²) in [6.07, 6.45) is 13.1. The molecule has 1 aliphatic carbocycles. The van der Waals surface area contributed by atoms with E-state index in [0.29, 0.717) is 5.41 Å². The highest BCUT2D eigenvalue weighted by molar-refractivity contribution is 4.88. The maximum atomic E-state index is 2.55. The van der Waals surface area contributed by atoms with Crippen molar-refractivity contribution in [2.45, 2.75) is 113 Å². The van der Waals surface area contributed by atoms with Gasteiger partial charge in [-0.3, -0.25) is 0 Å². The van der Waals surface area contributed by atoms with Crippen molar-refractivity contribution < 1.29 is 0 Å². The molecule has 0 heterocycles. The normalized spacial score (nSPS) is 25.8. The van der Waals surface area contributed by atoms with Crippen molar-refractivity contribution in [3.63, 3.8) is 0 Å². The monoisotopic (exact) mass is 336 g/mol. The van der Waals surface area contributed by atoms with E-state index in [0.717, 1.165) is 35.5 Å². The SMILES string of the molecule is CCC(C)(CCCCCCCC1CC1C(C)C)C(C)C(C)C(C)C. The Hall–Kier alpha value is 0. The van der Waals surface area contributed by atoms with Gasteiger partial charge >= 0.3 is 0 Å². The number of hydrogen-bond acceptors (Lipinski definition) is 0. The Morgan fingerprint density at radius 3 is 1.96 bits per heavy atom. The summed E-state index contributed by atoms with van der Waals surface area (Å²) < 4.78 is 0. The third kappa shape index (κ3) is 6.72. The van der Waals surface area contributed by atoms with Gasteiger partial charge in [-0.2, -0.15) is 0 Å². The van der Waals surface area contributed by atoms with Crippen LogP contribution in [0.2, 0.25) is 0 Å². The van der Waals surface area contributed by atoms with Crippen molar-refractivity contribution in [1.29, 1.82) is 0 Å². The van der Waals surface area contributed by atoms with Crippen molar-refractivity contribution in [2.24, 2.45) is 40.9 Å². The summed E-state index contributed by atoms with van der Waals surface area (Å²) in [5.74, 6) is 5.57. The molecule has 144 valence electrons. The van der Waals surface area contributed by atoms with E-state index in [1.54, 1.807) is 0 Å². The summed E-state index contributed by atoms with van der Waals surface area (Å²) >= 11 is 0. The van der Waals surface area contributed by atoms with Gasteiger partial charge in [0.1, 0.15) is 0 Å². The molecule has 24 heavy (non-hydrogen) atoms. The molecule has 0 radical (unpaired) electrons. The fraction of sp³-hybridized carbons (Fsp3) is 1.00. The predicted molar refractivity (Wildman–Crippen MR) is 110 cm³/mol. The number of hydrogen-bond donors (Lipinski definition) is 0. The van der Waals surface area contributed by atoms with Crippen molar-refractivity contribution in [2.75, 3.05) is 0 Å². The van der Waals surface area contributed by atoms with E-state index in [-0.39, 0.29) is 0 Å². The molecular weight excluding hydrogens is 288 g/mol. The molecule has 0 saturated heterocycles. The van der Waals surface area contributed by atoms with Gasteiger partial charge in [0.15, 0.2) is 0 Å². The minimum atomic E-state index is 0.544. The van der Waals surface area contributed by atoms with Gasteiger partial charge in [0.05, 0.1) is 0 Å². The lowest BCUT2D eigenvalue weighted by Crippen LogP contribution is -2.31. The van der Waals surface area contributed by atoms with Crippen LogP contribution in [-0.2, 0) is 0 Å². The number of rotatable bonds is 13. The van der Waals surface area contributed by atoms with Gasteiger partial charge in [-0.25, -0.2) is 0 Å². The summed E-state index contributed by atoms with van der Waals surface area (Å²) in [6.45, 7) is 19.5. The maximum absolute atomic E-state index is 2.55. The molecule has 0 aromatic carbocycles. The molecular formula is C24H48. The highest BCUT2D eigenvalue weighted by atomic mass is 14.4. The van der Waals surface area contributed by atoms with Gasteiger partial charge in [-0.1, -0.05) is 100 Å². The molecule has 1 rings (SSSR count). The quantitative estimate of drug-likeness (QED) is 0.296. The molecule has 1 fully saturated rings. The molecule has 0 aliphatic heterocycles. The minimum Gasteiger partial charge on any atom is -0.0649 e. The van der Waals surface area contributed by atoms with Gasteiger partial charge < -0.3 is 0 Å². The Morgan fingerprint density at radius 2 is 1.46 bits per heavy atom. The van der Waals surface area contributed by atoms with Crippen LogP contribution in [0.15, 0.2) is 0 Å². The van der Waals surface area contributed by atoms with Crippen LogP contribution in [0.3, 0.4) is 0 Å². The zero-order chi connectivity index (χ0) is 18.3. The predicted octanol–water partition coefficient (Wildman–Crippen LogP) is 8.35. The van der Waals surface area contributed by atoms with Crippen molar-refractivity contribution in [1.82, 2.24) is 0 Å². The van der Waals surface area contributed by atoms with Crippen LogP contribution in [-0.4, -0.2) is 0 Å². The van der Waals surface area contributed by atoms with Crippen LogP contribution < -0.4 is 0 Å². The molecule has 0 N–H and O–H groups in total. The summed E-state index contributed by atoms with van der Waals surface area (Å²) in [5, 5.41) is 0. The molecule has 0 heteroatoms. The van der Waals surface area contributed by atoms with Crippen LogP contribution in [0, 0.1) is 40.9 Å². The molecule has 0 aromatic heterocycles. The Morgan fingerprint density at radius 1 is 0.875 bits per heavy atom. The molecule has 0 amide bonds. The molecule has 5 atom stereocenters. The van der Waals surface area contributed by atoms with Crippen molar-refractivity contribution in [3.8, 4) is 0 Å². The molecule has 0 aromatic rings. The molecule has 0 bridgehead atoms. The first kappa shape index (κ1) is 22.0. The fourth-order valence-corrected chi connectivity index (χ4v) is 4.82. The van der Waals surface area contributed by atoms with Gasteiger partial charge in [0, 0.05) is 0 Å². The van der Waals surface area contributed by atoms with Gasteiger partial charge in [-0.15, -0.1) is 0 Å². The summed E-state index contributed by atoms with van der Waals surface area (Å²) in [7, 11) is 0. The average molecular weight is 337 g/mol. The van der Waals surface area contributed by atoms with Gasteiger partial charge in [0.2, 0.25) is 0 Å². The second-order valence-electron chi connectivity index (χ2n) is 10.1. The fourth-order valence-electron chi connectivity index (χ4n) is 4.82. The second-order valence-corrected chi connectivity index (χ2v) is 10.1. The standard InChI is InChI=1S/C24H48/c1-9-24(8,21(7)20(6)18(2)3)16-14-12-10-11-13-15-22-17-23(22)19(4)5/h18-23H,9-17H2,1-8H3. The average Bonchev–Trinajstić information content (AvgIpc) is 3.32. The lowest BCUT2D eigenvalue weighted by atomic mass is 9.65. The zero-order valence-electron chi connectivity index (χ0n) is 18.3. The van der Waals surface area contributed by atoms with E-state index in [2.05, 4.69) is 55.4 Å².